The molecule has 2 aromatic rings. The van der Waals surface area contributed by atoms with E-state index in [1.807, 2.05) is 13.0 Å². The summed E-state index contributed by atoms with van der Waals surface area (Å²) in [7, 11) is 1.54. The first-order valence-electron chi connectivity index (χ1n) is 8.57. The number of nitrogens with one attached hydrogen (secondary N) is 1. The third kappa shape index (κ3) is 4.48. The Bertz CT molecular complexity index is 787. The summed E-state index contributed by atoms with van der Waals surface area (Å²) in [5, 5.41) is 3.45. The predicted molar refractivity (Wildman–Crippen MR) is 102 cm³/mol. The maximum Gasteiger partial charge on any atom is 0.255 e. The number of hydrogen-bond donors (Lipinski definition) is 1. The van der Waals surface area contributed by atoms with E-state index >= 15 is 0 Å². The van der Waals surface area contributed by atoms with E-state index in [1.54, 1.807) is 30.3 Å². The molecule has 2 aromatic carbocycles. The van der Waals surface area contributed by atoms with Crippen LogP contribution in [0.15, 0.2) is 36.4 Å². The molecule has 5 nitrogen and oxygen atoms in total. The fourth-order valence-corrected chi connectivity index (χ4v) is 2.97. The summed E-state index contributed by atoms with van der Waals surface area (Å²) in [4.78, 5) is 12.6. The summed E-state index contributed by atoms with van der Waals surface area (Å²) in [5.41, 5.74) is 1.94. The van der Waals surface area contributed by atoms with E-state index in [9.17, 15) is 4.79 Å². The number of benzene rings is 2. The third-order valence-electron chi connectivity index (χ3n) is 4.29. The Morgan fingerprint density at radius 3 is 2.92 bits per heavy atom. The highest BCUT2D eigenvalue weighted by Crippen LogP contribution is 2.31. The number of hydrogen-bond acceptors (Lipinski definition) is 4. The molecule has 0 bridgehead atoms. The first-order valence-corrected chi connectivity index (χ1v) is 8.94. The molecule has 3 rings (SSSR count). The molecule has 0 saturated carbocycles. The molecule has 6 heteroatoms. The van der Waals surface area contributed by atoms with Crippen LogP contribution in [0.4, 0.5) is 5.69 Å². The summed E-state index contributed by atoms with van der Waals surface area (Å²) in [6, 6.07) is 10.6. The topological polar surface area (TPSA) is 56.8 Å². The van der Waals surface area contributed by atoms with Crippen molar-refractivity contribution in [1.82, 2.24) is 0 Å². The molecule has 1 aliphatic rings. The van der Waals surface area contributed by atoms with Crippen LogP contribution in [0.3, 0.4) is 0 Å². The summed E-state index contributed by atoms with van der Waals surface area (Å²) >= 11 is 6.11. The zero-order valence-electron chi connectivity index (χ0n) is 14.9. The smallest absolute Gasteiger partial charge is 0.255 e. The number of amides is 1. The zero-order chi connectivity index (χ0) is 18.5. The predicted octanol–water partition coefficient (Wildman–Crippen LogP) is 4.47. The first-order chi connectivity index (χ1) is 12.6. The quantitative estimate of drug-likeness (QED) is 0.809. The van der Waals surface area contributed by atoms with Crippen LogP contribution in [0, 0.1) is 6.92 Å². The van der Waals surface area contributed by atoms with Crippen molar-refractivity contribution in [3.63, 3.8) is 0 Å². The molecule has 1 heterocycles. The van der Waals surface area contributed by atoms with Gasteiger partial charge in [-0.2, -0.15) is 0 Å². The average molecular weight is 376 g/mol. The van der Waals surface area contributed by atoms with Gasteiger partial charge in [-0.05, 0) is 49.6 Å². The van der Waals surface area contributed by atoms with E-state index in [2.05, 4.69) is 5.32 Å². The van der Waals surface area contributed by atoms with Crippen LogP contribution in [-0.2, 0) is 4.74 Å². The van der Waals surface area contributed by atoms with Gasteiger partial charge in [0.25, 0.3) is 5.91 Å². The number of carbonyl (C=O) groups is 1. The molecule has 1 N–H and O–H groups in total. The van der Waals surface area contributed by atoms with Crippen molar-refractivity contribution in [3.05, 3.63) is 52.5 Å². The SMILES string of the molecule is COc1cc(Cl)c(C)cc1NC(=O)c1cccc(OCC2CCCO2)c1. The lowest BCUT2D eigenvalue weighted by Gasteiger charge is -2.14. The van der Waals surface area contributed by atoms with Crippen molar-refractivity contribution < 1.29 is 19.0 Å². The lowest BCUT2D eigenvalue weighted by molar-refractivity contribution is 0.0679. The van der Waals surface area contributed by atoms with Gasteiger partial charge in [0.2, 0.25) is 0 Å². The van der Waals surface area contributed by atoms with Crippen LogP contribution < -0.4 is 14.8 Å². The summed E-state index contributed by atoms with van der Waals surface area (Å²) in [6.07, 6.45) is 2.21. The van der Waals surface area contributed by atoms with Crippen molar-refractivity contribution in [3.8, 4) is 11.5 Å². The third-order valence-corrected chi connectivity index (χ3v) is 4.69. The standard InChI is InChI=1S/C20H22ClNO4/c1-13-9-18(19(24-2)11-17(13)21)22-20(23)14-5-3-6-15(10-14)26-12-16-7-4-8-25-16/h3,5-6,9-11,16H,4,7-8,12H2,1-2H3,(H,22,23). The van der Waals surface area contributed by atoms with Crippen LogP contribution in [0.2, 0.25) is 5.02 Å². The van der Waals surface area contributed by atoms with E-state index < -0.39 is 0 Å². The number of ether oxygens (including phenoxy) is 3. The van der Waals surface area contributed by atoms with E-state index in [-0.39, 0.29) is 12.0 Å². The molecule has 1 atom stereocenters. The second-order valence-electron chi connectivity index (χ2n) is 6.23. The van der Waals surface area contributed by atoms with Crippen LogP contribution in [0.1, 0.15) is 28.8 Å². The molecular weight excluding hydrogens is 354 g/mol. The largest absolute Gasteiger partial charge is 0.495 e. The van der Waals surface area contributed by atoms with Crippen LogP contribution in [0.25, 0.3) is 0 Å². The molecule has 0 radical (unpaired) electrons. The molecule has 0 aliphatic carbocycles. The first kappa shape index (κ1) is 18.5. The van der Waals surface area contributed by atoms with Crippen molar-refractivity contribution >= 4 is 23.2 Å². The van der Waals surface area contributed by atoms with Crippen molar-refractivity contribution in [2.45, 2.75) is 25.9 Å². The van der Waals surface area contributed by atoms with Crippen LogP contribution in [-0.4, -0.2) is 32.3 Å². The van der Waals surface area contributed by atoms with Gasteiger partial charge in [0.15, 0.2) is 0 Å². The van der Waals surface area contributed by atoms with Crippen molar-refractivity contribution in [1.29, 1.82) is 0 Å². The second-order valence-corrected chi connectivity index (χ2v) is 6.64. The fraction of sp³-hybridized carbons (Fsp3) is 0.350. The van der Waals surface area contributed by atoms with E-state index in [0.29, 0.717) is 34.4 Å². The maximum absolute atomic E-state index is 12.6. The highest BCUT2D eigenvalue weighted by atomic mass is 35.5. The number of anilines is 1. The van der Waals surface area contributed by atoms with Crippen LogP contribution in [0.5, 0.6) is 11.5 Å². The highest BCUT2D eigenvalue weighted by molar-refractivity contribution is 6.31. The summed E-state index contributed by atoms with van der Waals surface area (Å²) in [5.74, 6) is 0.916. The van der Waals surface area contributed by atoms with Gasteiger partial charge < -0.3 is 19.5 Å². The van der Waals surface area contributed by atoms with Gasteiger partial charge in [-0.25, -0.2) is 0 Å². The van der Waals surface area contributed by atoms with Crippen LogP contribution >= 0.6 is 11.6 Å². The normalized spacial score (nSPS) is 16.3. The summed E-state index contributed by atoms with van der Waals surface area (Å²) < 4.78 is 16.6. The monoisotopic (exact) mass is 375 g/mol. The number of aryl methyl sites for hydroxylation is 1. The molecule has 138 valence electrons. The lowest BCUT2D eigenvalue weighted by Crippen LogP contribution is -2.17. The van der Waals surface area contributed by atoms with Gasteiger partial charge in [0.1, 0.15) is 18.1 Å². The fourth-order valence-electron chi connectivity index (χ4n) is 2.82. The number of rotatable bonds is 6. The highest BCUT2D eigenvalue weighted by Gasteiger charge is 2.17. The Labute approximate surface area is 158 Å². The summed E-state index contributed by atoms with van der Waals surface area (Å²) in [6.45, 7) is 3.16. The Morgan fingerprint density at radius 2 is 2.19 bits per heavy atom. The number of methoxy groups -OCH3 is 1. The van der Waals surface area contributed by atoms with E-state index in [0.717, 1.165) is 25.0 Å². The molecule has 1 unspecified atom stereocenters. The average Bonchev–Trinajstić information content (AvgIpc) is 3.16. The molecule has 1 saturated heterocycles. The number of halogens is 1. The van der Waals surface area contributed by atoms with Gasteiger partial charge in [0, 0.05) is 23.3 Å². The van der Waals surface area contributed by atoms with Gasteiger partial charge in [-0.15, -0.1) is 0 Å². The minimum atomic E-state index is -0.243. The number of carbonyl (C=O) groups excluding carboxylic acids is 1. The minimum Gasteiger partial charge on any atom is -0.495 e. The van der Waals surface area contributed by atoms with Crippen molar-refractivity contribution in [2.75, 3.05) is 25.6 Å². The Balaban J connectivity index is 1.70. The molecule has 0 aromatic heterocycles. The molecule has 1 amide bonds. The van der Waals surface area contributed by atoms with Gasteiger partial charge >= 0.3 is 0 Å². The lowest BCUT2D eigenvalue weighted by atomic mass is 10.1. The molecule has 26 heavy (non-hydrogen) atoms. The Kier molecular flexibility index (Phi) is 6.01. The van der Waals surface area contributed by atoms with Crippen molar-refractivity contribution in [2.24, 2.45) is 0 Å². The molecule has 0 spiro atoms. The molecule has 1 fully saturated rings. The van der Waals surface area contributed by atoms with E-state index in [1.165, 1.54) is 7.11 Å². The van der Waals surface area contributed by atoms with Gasteiger partial charge in [-0.1, -0.05) is 17.7 Å². The Hall–Kier alpha value is -2.24. The molecular formula is C20H22ClNO4. The minimum absolute atomic E-state index is 0.133. The Morgan fingerprint density at radius 1 is 1.35 bits per heavy atom. The zero-order valence-corrected chi connectivity index (χ0v) is 15.6. The van der Waals surface area contributed by atoms with Gasteiger partial charge in [0.05, 0.1) is 18.9 Å². The van der Waals surface area contributed by atoms with E-state index in [4.69, 9.17) is 25.8 Å². The van der Waals surface area contributed by atoms with Gasteiger partial charge in [-0.3, -0.25) is 4.79 Å². The molecule has 1 aliphatic heterocycles. The maximum atomic E-state index is 12.6. The second kappa shape index (κ2) is 8.43.